The zero-order chi connectivity index (χ0) is 15.1. The summed E-state index contributed by atoms with van der Waals surface area (Å²) in [5.41, 5.74) is -0.750. The summed E-state index contributed by atoms with van der Waals surface area (Å²) in [4.78, 5) is 10.9. The van der Waals surface area contributed by atoms with Gasteiger partial charge in [0.2, 0.25) is 6.10 Å². The first kappa shape index (κ1) is 14.5. The third-order valence-corrected chi connectivity index (χ3v) is 2.96. The second-order valence-electron chi connectivity index (χ2n) is 3.97. The molecule has 0 saturated heterocycles. The number of benzene rings is 1. The summed E-state index contributed by atoms with van der Waals surface area (Å²) in [5, 5.41) is 9.00. The molecule has 20 heavy (non-hydrogen) atoms. The molecule has 1 aliphatic heterocycles. The quantitative estimate of drug-likeness (QED) is 0.912. The molecule has 1 aromatic carbocycles. The van der Waals surface area contributed by atoms with Crippen LogP contribution in [-0.2, 0) is 4.79 Å². The van der Waals surface area contributed by atoms with Crippen molar-refractivity contribution in [3.8, 4) is 11.5 Å². The van der Waals surface area contributed by atoms with Crippen molar-refractivity contribution in [2.75, 3.05) is 7.11 Å². The maximum Gasteiger partial charge on any atom is 0.430 e. The van der Waals surface area contributed by atoms with Gasteiger partial charge in [0.1, 0.15) is 11.5 Å². The van der Waals surface area contributed by atoms with Gasteiger partial charge in [0, 0.05) is 11.6 Å². The summed E-state index contributed by atoms with van der Waals surface area (Å²) in [6, 6.07) is 2.47. The van der Waals surface area contributed by atoms with Gasteiger partial charge in [-0.3, -0.25) is 0 Å². The summed E-state index contributed by atoms with van der Waals surface area (Å²) in [6.45, 7) is 0. The lowest BCUT2D eigenvalue weighted by molar-refractivity contribution is -0.187. The van der Waals surface area contributed by atoms with Crippen LogP contribution in [0.1, 0.15) is 5.56 Å². The molecule has 0 amide bonds. The average molecular weight is 309 g/mol. The number of hydrogen-bond donors (Lipinski definition) is 1. The molecule has 1 heterocycles. The molecule has 2 rings (SSSR count). The number of rotatable bonds is 2. The Morgan fingerprint density at radius 2 is 2.10 bits per heavy atom. The van der Waals surface area contributed by atoms with Gasteiger partial charge in [0.05, 0.1) is 17.7 Å². The van der Waals surface area contributed by atoms with Crippen molar-refractivity contribution >= 4 is 23.6 Å². The van der Waals surface area contributed by atoms with Crippen LogP contribution in [0.4, 0.5) is 13.2 Å². The van der Waals surface area contributed by atoms with Crippen LogP contribution in [-0.4, -0.2) is 30.5 Å². The Bertz CT molecular complexity index is 595. The number of halogens is 4. The van der Waals surface area contributed by atoms with Crippen LogP contribution < -0.4 is 9.47 Å². The van der Waals surface area contributed by atoms with Crippen molar-refractivity contribution in [3.63, 3.8) is 0 Å². The van der Waals surface area contributed by atoms with Crippen LogP contribution >= 0.6 is 11.6 Å². The Balaban J connectivity index is 2.57. The largest absolute Gasteiger partial charge is 0.495 e. The van der Waals surface area contributed by atoms with Crippen molar-refractivity contribution in [3.05, 3.63) is 28.3 Å². The van der Waals surface area contributed by atoms with Crippen molar-refractivity contribution in [1.29, 1.82) is 0 Å². The van der Waals surface area contributed by atoms with Gasteiger partial charge in [0.25, 0.3) is 0 Å². The first-order valence-electron chi connectivity index (χ1n) is 5.30. The van der Waals surface area contributed by atoms with Gasteiger partial charge in [-0.15, -0.1) is 0 Å². The van der Waals surface area contributed by atoms with Gasteiger partial charge < -0.3 is 14.6 Å². The van der Waals surface area contributed by atoms with E-state index in [1.54, 1.807) is 0 Å². The normalized spacial score (nSPS) is 17.9. The Hall–Kier alpha value is -1.89. The van der Waals surface area contributed by atoms with Crippen LogP contribution in [0.3, 0.4) is 0 Å². The maximum absolute atomic E-state index is 12.8. The number of aliphatic carboxylic acids is 1. The predicted molar refractivity (Wildman–Crippen MR) is 64.1 cm³/mol. The molecule has 8 heteroatoms. The SMILES string of the molecule is COc1cc2c(cc1Cl)C=C(C(=O)O)C(C(F)(F)F)O2. The van der Waals surface area contributed by atoms with Gasteiger partial charge in [-0.05, 0) is 12.1 Å². The van der Waals surface area contributed by atoms with E-state index < -0.39 is 23.8 Å². The van der Waals surface area contributed by atoms with E-state index in [0.29, 0.717) is 0 Å². The van der Waals surface area contributed by atoms with E-state index in [4.69, 9.17) is 26.2 Å². The Labute approximate surface area is 116 Å². The standard InChI is InChI=1S/C12H8ClF3O4/c1-19-9-4-8-5(3-7(9)13)2-6(11(17)18)10(20-8)12(14,15)16/h2-4,10H,1H3,(H,17,18). The number of hydrogen-bond acceptors (Lipinski definition) is 3. The van der Waals surface area contributed by atoms with Crippen LogP contribution in [0.25, 0.3) is 6.08 Å². The topological polar surface area (TPSA) is 55.8 Å². The third kappa shape index (κ3) is 2.53. The molecule has 0 saturated carbocycles. The molecule has 1 aliphatic rings. The molecule has 108 valence electrons. The summed E-state index contributed by atoms with van der Waals surface area (Å²) in [7, 11) is 1.30. The molecule has 0 spiro atoms. The van der Waals surface area contributed by atoms with Gasteiger partial charge in [-0.1, -0.05) is 11.6 Å². The number of carboxylic acids is 1. The predicted octanol–water partition coefficient (Wildman–Crippen LogP) is 3.14. The molecular formula is C12H8ClF3O4. The van der Waals surface area contributed by atoms with Crippen molar-refractivity contribution < 1.29 is 32.5 Å². The highest BCUT2D eigenvalue weighted by Crippen LogP contribution is 2.41. The summed E-state index contributed by atoms with van der Waals surface area (Å²) < 4.78 is 48.1. The number of ether oxygens (including phenoxy) is 2. The van der Waals surface area contributed by atoms with E-state index >= 15 is 0 Å². The van der Waals surface area contributed by atoms with Crippen LogP contribution in [0.2, 0.25) is 5.02 Å². The molecule has 0 aliphatic carbocycles. The Kier molecular flexibility index (Phi) is 3.56. The lowest BCUT2D eigenvalue weighted by Crippen LogP contribution is -2.40. The Morgan fingerprint density at radius 3 is 2.60 bits per heavy atom. The second-order valence-corrected chi connectivity index (χ2v) is 4.38. The molecule has 0 bridgehead atoms. The summed E-state index contributed by atoms with van der Waals surface area (Å²) in [6.07, 6.45) is -6.47. The molecule has 0 radical (unpaired) electrons. The van der Waals surface area contributed by atoms with E-state index in [1.165, 1.54) is 19.2 Å². The molecule has 1 N–H and O–H groups in total. The monoisotopic (exact) mass is 308 g/mol. The van der Waals surface area contributed by atoms with E-state index in [-0.39, 0.29) is 22.1 Å². The van der Waals surface area contributed by atoms with Crippen molar-refractivity contribution in [2.45, 2.75) is 12.3 Å². The maximum atomic E-state index is 12.8. The molecule has 1 aromatic rings. The summed E-state index contributed by atoms with van der Waals surface area (Å²) >= 11 is 5.84. The fourth-order valence-electron chi connectivity index (χ4n) is 1.77. The van der Waals surface area contributed by atoms with Gasteiger partial charge >= 0.3 is 12.1 Å². The zero-order valence-corrected chi connectivity index (χ0v) is 10.7. The van der Waals surface area contributed by atoms with E-state index in [1.807, 2.05) is 0 Å². The third-order valence-electron chi connectivity index (χ3n) is 2.67. The van der Waals surface area contributed by atoms with Crippen LogP contribution in [0.15, 0.2) is 17.7 Å². The first-order valence-corrected chi connectivity index (χ1v) is 5.67. The molecule has 0 fully saturated rings. The smallest absolute Gasteiger partial charge is 0.430 e. The Morgan fingerprint density at radius 1 is 1.45 bits per heavy atom. The minimum absolute atomic E-state index is 0.138. The first-order chi connectivity index (χ1) is 9.24. The van der Waals surface area contributed by atoms with E-state index in [0.717, 1.165) is 6.08 Å². The molecule has 1 unspecified atom stereocenters. The fraction of sp³-hybridized carbons (Fsp3) is 0.250. The highest BCUT2D eigenvalue weighted by molar-refractivity contribution is 6.32. The van der Waals surface area contributed by atoms with Gasteiger partial charge in [-0.2, -0.15) is 13.2 Å². The van der Waals surface area contributed by atoms with Crippen molar-refractivity contribution in [1.82, 2.24) is 0 Å². The zero-order valence-electron chi connectivity index (χ0n) is 9.99. The highest BCUT2D eigenvalue weighted by Gasteiger charge is 2.48. The number of carboxylic acid groups (broad SMARTS) is 1. The summed E-state index contributed by atoms with van der Waals surface area (Å²) in [5.74, 6) is -1.71. The minimum Gasteiger partial charge on any atom is -0.495 e. The molecule has 0 aromatic heterocycles. The van der Waals surface area contributed by atoms with Crippen LogP contribution in [0, 0.1) is 0 Å². The van der Waals surface area contributed by atoms with Crippen LogP contribution in [0.5, 0.6) is 11.5 Å². The molecular weight excluding hydrogens is 301 g/mol. The van der Waals surface area contributed by atoms with Gasteiger partial charge in [-0.25, -0.2) is 4.79 Å². The minimum atomic E-state index is -4.84. The number of alkyl halides is 3. The second kappa shape index (κ2) is 4.90. The number of carbonyl (C=O) groups is 1. The number of fused-ring (bicyclic) bond motifs is 1. The van der Waals surface area contributed by atoms with Crippen molar-refractivity contribution in [2.24, 2.45) is 0 Å². The molecule has 1 atom stereocenters. The van der Waals surface area contributed by atoms with Gasteiger partial charge in [0.15, 0.2) is 0 Å². The van der Waals surface area contributed by atoms with E-state index in [9.17, 15) is 18.0 Å². The molecule has 4 nitrogen and oxygen atoms in total. The highest BCUT2D eigenvalue weighted by atomic mass is 35.5. The number of methoxy groups -OCH3 is 1. The average Bonchev–Trinajstić information content (AvgIpc) is 2.35. The fourth-order valence-corrected chi connectivity index (χ4v) is 2.02. The lowest BCUT2D eigenvalue weighted by atomic mass is 10.0. The lowest BCUT2D eigenvalue weighted by Gasteiger charge is -2.27. The van der Waals surface area contributed by atoms with E-state index in [2.05, 4.69) is 0 Å².